The van der Waals surface area contributed by atoms with Crippen LogP contribution in [0.25, 0.3) is 0 Å². The maximum absolute atomic E-state index is 9.63. The third-order valence-corrected chi connectivity index (χ3v) is 3.23. The van der Waals surface area contributed by atoms with Crippen LogP contribution in [0.3, 0.4) is 0 Å². The zero-order chi connectivity index (χ0) is 15.8. The quantitative estimate of drug-likeness (QED) is 0.757. The molecule has 118 valence electrons. The van der Waals surface area contributed by atoms with E-state index >= 15 is 0 Å². The SMILES string of the molecule is COc1ccc(C(C)O)cc1OCCCOc1ccccc1. The molecule has 4 nitrogen and oxygen atoms in total. The van der Waals surface area contributed by atoms with Gasteiger partial charge in [0, 0.05) is 6.42 Å². The Labute approximate surface area is 131 Å². The molecule has 2 aromatic rings. The minimum absolute atomic E-state index is 0.520. The second-order valence-corrected chi connectivity index (χ2v) is 4.95. The highest BCUT2D eigenvalue weighted by Crippen LogP contribution is 2.30. The lowest BCUT2D eigenvalue weighted by molar-refractivity contribution is 0.197. The van der Waals surface area contributed by atoms with Crippen molar-refractivity contribution < 1.29 is 19.3 Å². The van der Waals surface area contributed by atoms with Crippen LogP contribution in [0.5, 0.6) is 17.2 Å². The average molecular weight is 302 g/mol. The molecule has 0 amide bonds. The molecule has 1 atom stereocenters. The van der Waals surface area contributed by atoms with Crippen molar-refractivity contribution in [1.82, 2.24) is 0 Å². The Balaban J connectivity index is 1.82. The smallest absolute Gasteiger partial charge is 0.161 e. The van der Waals surface area contributed by atoms with Gasteiger partial charge in [0.1, 0.15) is 5.75 Å². The van der Waals surface area contributed by atoms with Gasteiger partial charge in [-0.05, 0) is 36.8 Å². The van der Waals surface area contributed by atoms with E-state index in [1.54, 1.807) is 20.1 Å². The van der Waals surface area contributed by atoms with Gasteiger partial charge in [-0.2, -0.15) is 0 Å². The summed E-state index contributed by atoms with van der Waals surface area (Å²) in [6, 6.07) is 15.1. The zero-order valence-electron chi connectivity index (χ0n) is 13.0. The van der Waals surface area contributed by atoms with E-state index in [9.17, 15) is 5.11 Å². The molecule has 0 heterocycles. The largest absolute Gasteiger partial charge is 0.493 e. The second-order valence-electron chi connectivity index (χ2n) is 4.95. The van der Waals surface area contributed by atoms with Crippen molar-refractivity contribution in [1.29, 1.82) is 0 Å². The Bertz CT molecular complexity index is 567. The summed E-state index contributed by atoms with van der Waals surface area (Å²) in [5.74, 6) is 2.16. The van der Waals surface area contributed by atoms with Crippen LogP contribution in [0.2, 0.25) is 0 Å². The summed E-state index contributed by atoms with van der Waals surface area (Å²) in [7, 11) is 1.60. The molecule has 0 aliphatic carbocycles. The minimum Gasteiger partial charge on any atom is -0.493 e. The Morgan fingerprint density at radius 3 is 2.36 bits per heavy atom. The summed E-state index contributed by atoms with van der Waals surface area (Å²) in [5.41, 5.74) is 0.802. The van der Waals surface area contributed by atoms with Gasteiger partial charge in [0.25, 0.3) is 0 Å². The fourth-order valence-electron chi connectivity index (χ4n) is 2.01. The van der Waals surface area contributed by atoms with Gasteiger partial charge < -0.3 is 19.3 Å². The first-order valence-electron chi connectivity index (χ1n) is 7.37. The molecular weight excluding hydrogens is 280 g/mol. The highest BCUT2D eigenvalue weighted by atomic mass is 16.5. The molecule has 0 radical (unpaired) electrons. The monoisotopic (exact) mass is 302 g/mol. The lowest BCUT2D eigenvalue weighted by atomic mass is 10.1. The van der Waals surface area contributed by atoms with E-state index in [0.29, 0.717) is 24.7 Å². The summed E-state index contributed by atoms with van der Waals surface area (Å²) >= 11 is 0. The van der Waals surface area contributed by atoms with E-state index < -0.39 is 6.10 Å². The Morgan fingerprint density at radius 1 is 0.955 bits per heavy atom. The van der Waals surface area contributed by atoms with E-state index in [-0.39, 0.29) is 0 Å². The van der Waals surface area contributed by atoms with Crippen molar-refractivity contribution in [3.05, 3.63) is 54.1 Å². The van der Waals surface area contributed by atoms with Gasteiger partial charge in [0.2, 0.25) is 0 Å². The van der Waals surface area contributed by atoms with Gasteiger partial charge in [-0.3, -0.25) is 0 Å². The lowest BCUT2D eigenvalue weighted by Gasteiger charge is -2.13. The molecule has 2 aromatic carbocycles. The van der Waals surface area contributed by atoms with Crippen LogP contribution in [0.15, 0.2) is 48.5 Å². The van der Waals surface area contributed by atoms with Gasteiger partial charge in [-0.25, -0.2) is 0 Å². The molecule has 0 saturated carbocycles. The number of hydrogen-bond donors (Lipinski definition) is 1. The van der Waals surface area contributed by atoms with Gasteiger partial charge in [-0.15, -0.1) is 0 Å². The van der Waals surface area contributed by atoms with Crippen molar-refractivity contribution in [2.45, 2.75) is 19.4 Å². The topological polar surface area (TPSA) is 47.9 Å². The summed E-state index contributed by atoms with van der Waals surface area (Å²) in [6.07, 6.45) is 0.228. The van der Waals surface area contributed by atoms with Crippen LogP contribution in [-0.2, 0) is 0 Å². The highest BCUT2D eigenvalue weighted by Gasteiger charge is 2.08. The molecule has 0 fully saturated rings. The van der Waals surface area contributed by atoms with Crippen LogP contribution in [0.4, 0.5) is 0 Å². The summed E-state index contributed by atoms with van der Waals surface area (Å²) < 4.78 is 16.6. The number of aliphatic hydroxyl groups is 1. The van der Waals surface area contributed by atoms with E-state index in [4.69, 9.17) is 14.2 Å². The van der Waals surface area contributed by atoms with E-state index in [1.165, 1.54) is 0 Å². The standard InChI is InChI=1S/C18H22O4/c1-14(19)15-9-10-17(20-2)18(13-15)22-12-6-11-21-16-7-4-3-5-8-16/h3-5,7-10,13-14,19H,6,11-12H2,1-2H3. The third-order valence-electron chi connectivity index (χ3n) is 3.23. The first kappa shape index (κ1) is 16.2. The molecule has 0 aliphatic rings. The molecular formula is C18H22O4. The summed E-state index contributed by atoms with van der Waals surface area (Å²) in [5, 5.41) is 9.63. The summed E-state index contributed by atoms with van der Waals surface area (Å²) in [6.45, 7) is 2.83. The molecule has 2 rings (SSSR count). The molecule has 0 spiro atoms. The highest BCUT2D eigenvalue weighted by molar-refractivity contribution is 5.43. The van der Waals surface area contributed by atoms with Crippen LogP contribution in [0, 0.1) is 0 Å². The fraction of sp³-hybridized carbons (Fsp3) is 0.333. The van der Waals surface area contributed by atoms with Crippen LogP contribution in [-0.4, -0.2) is 25.4 Å². The van der Waals surface area contributed by atoms with Gasteiger partial charge in [0.05, 0.1) is 26.4 Å². The normalized spacial score (nSPS) is 11.8. The third kappa shape index (κ3) is 4.67. The van der Waals surface area contributed by atoms with E-state index in [2.05, 4.69) is 0 Å². The zero-order valence-corrected chi connectivity index (χ0v) is 13.0. The molecule has 0 saturated heterocycles. The average Bonchev–Trinajstić information content (AvgIpc) is 2.55. The predicted molar refractivity (Wildman–Crippen MR) is 85.7 cm³/mol. The first-order chi connectivity index (χ1) is 10.7. The van der Waals surface area contributed by atoms with Crippen molar-refractivity contribution in [3.63, 3.8) is 0 Å². The predicted octanol–water partition coefficient (Wildman–Crippen LogP) is 3.60. The van der Waals surface area contributed by atoms with E-state index in [1.807, 2.05) is 42.5 Å². The van der Waals surface area contributed by atoms with Crippen molar-refractivity contribution in [2.75, 3.05) is 20.3 Å². The van der Waals surface area contributed by atoms with Gasteiger partial charge in [0.15, 0.2) is 11.5 Å². The lowest BCUT2D eigenvalue weighted by Crippen LogP contribution is -2.06. The fourth-order valence-corrected chi connectivity index (χ4v) is 2.01. The summed E-state index contributed by atoms with van der Waals surface area (Å²) in [4.78, 5) is 0. The molecule has 0 aliphatic heterocycles. The first-order valence-corrected chi connectivity index (χ1v) is 7.37. The number of benzene rings is 2. The second kappa shape index (κ2) is 8.29. The maximum Gasteiger partial charge on any atom is 0.161 e. The number of rotatable bonds is 8. The molecule has 0 aromatic heterocycles. The maximum atomic E-state index is 9.63. The van der Waals surface area contributed by atoms with Gasteiger partial charge >= 0.3 is 0 Å². The van der Waals surface area contributed by atoms with Crippen LogP contribution >= 0.6 is 0 Å². The molecule has 4 heteroatoms. The Hall–Kier alpha value is -2.20. The van der Waals surface area contributed by atoms with Gasteiger partial charge in [-0.1, -0.05) is 24.3 Å². The van der Waals surface area contributed by atoms with Crippen molar-refractivity contribution >= 4 is 0 Å². The number of hydrogen-bond acceptors (Lipinski definition) is 4. The van der Waals surface area contributed by atoms with Crippen LogP contribution < -0.4 is 14.2 Å². The Morgan fingerprint density at radius 2 is 1.68 bits per heavy atom. The molecule has 22 heavy (non-hydrogen) atoms. The molecule has 0 bridgehead atoms. The van der Waals surface area contributed by atoms with Crippen molar-refractivity contribution in [3.8, 4) is 17.2 Å². The molecule has 1 N–H and O–H groups in total. The molecule has 1 unspecified atom stereocenters. The number of methoxy groups -OCH3 is 1. The van der Waals surface area contributed by atoms with Crippen molar-refractivity contribution in [2.24, 2.45) is 0 Å². The minimum atomic E-state index is -0.533. The van der Waals surface area contributed by atoms with Crippen LogP contribution in [0.1, 0.15) is 25.0 Å². The number of ether oxygens (including phenoxy) is 3. The number of aliphatic hydroxyl groups excluding tert-OH is 1. The number of para-hydroxylation sites is 1. The van der Waals surface area contributed by atoms with E-state index in [0.717, 1.165) is 17.7 Å². The Kier molecular flexibility index (Phi) is 6.10.